The molecule has 0 bridgehead atoms. The Balaban J connectivity index is 2.93. The van der Waals surface area contributed by atoms with Gasteiger partial charge in [0.15, 0.2) is 0 Å². The van der Waals surface area contributed by atoms with Crippen LogP contribution in [0.15, 0.2) is 24.4 Å². The van der Waals surface area contributed by atoms with E-state index in [2.05, 4.69) is 22.6 Å². The van der Waals surface area contributed by atoms with Gasteiger partial charge in [-0.3, -0.25) is 4.09 Å². The quantitative estimate of drug-likeness (QED) is 0.587. The fourth-order valence-electron chi connectivity index (χ4n) is 1.21. The number of nitrogens with zero attached hydrogens (tertiary/aromatic N) is 1. The number of halogens is 2. The first kappa shape index (κ1) is 8.19. The van der Waals surface area contributed by atoms with Gasteiger partial charge in [0.2, 0.25) is 0 Å². The van der Waals surface area contributed by atoms with Crippen LogP contribution < -0.4 is 5.73 Å². The van der Waals surface area contributed by atoms with Gasteiger partial charge in [0.25, 0.3) is 0 Å². The van der Waals surface area contributed by atoms with Crippen molar-refractivity contribution in [2.45, 2.75) is 0 Å². The highest BCUT2D eigenvalue weighted by molar-refractivity contribution is 14.1. The van der Waals surface area contributed by atoms with Crippen molar-refractivity contribution in [3.8, 4) is 0 Å². The predicted octanol–water partition coefficient (Wildman–Crippen LogP) is 2.83. The minimum absolute atomic E-state index is 0.773. The van der Waals surface area contributed by atoms with E-state index in [0.717, 1.165) is 20.2 Å². The Bertz CT molecular complexity index is 436. The molecule has 62 valence electrons. The largest absolute Gasteiger partial charge is 0.399 e. The summed E-state index contributed by atoms with van der Waals surface area (Å²) in [6, 6.07) is 5.76. The molecular formula is C8H6ClIN2. The van der Waals surface area contributed by atoms with Crippen LogP contribution in [0.4, 0.5) is 5.69 Å². The topological polar surface area (TPSA) is 30.9 Å². The van der Waals surface area contributed by atoms with Crippen LogP contribution >= 0.6 is 34.4 Å². The van der Waals surface area contributed by atoms with E-state index < -0.39 is 0 Å². The minimum Gasteiger partial charge on any atom is -0.399 e. The van der Waals surface area contributed by atoms with Gasteiger partial charge in [-0.15, -0.1) is 0 Å². The molecule has 2 N–H and O–H groups in total. The van der Waals surface area contributed by atoms with E-state index in [-0.39, 0.29) is 0 Å². The molecule has 0 fully saturated rings. The molecule has 12 heavy (non-hydrogen) atoms. The Morgan fingerprint density at radius 3 is 2.92 bits per heavy atom. The Kier molecular flexibility index (Phi) is 1.92. The lowest BCUT2D eigenvalue weighted by atomic mass is 10.2. The number of nitrogen functional groups attached to an aromatic ring is 1. The van der Waals surface area contributed by atoms with Gasteiger partial charge in [0.05, 0.1) is 5.52 Å². The first-order valence-electron chi connectivity index (χ1n) is 3.41. The SMILES string of the molecule is Nc1cc(I)c2c(ccn2Cl)c1. The summed E-state index contributed by atoms with van der Waals surface area (Å²) in [4.78, 5) is 0. The van der Waals surface area contributed by atoms with Gasteiger partial charge in [-0.05, 0) is 40.8 Å². The zero-order valence-corrected chi connectivity index (χ0v) is 9.00. The molecule has 1 aromatic heterocycles. The van der Waals surface area contributed by atoms with Crippen molar-refractivity contribution in [3.05, 3.63) is 28.0 Å². The zero-order valence-electron chi connectivity index (χ0n) is 6.09. The number of fused-ring (bicyclic) bond motifs is 1. The molecule has 1 aromatic carbocycles. The summed E-state index contributed by atoms with van der Waals surface area (Å²) >= 11 is 8.12. The number of anilines is 1. The lowest BCUT2D eigenvalue weighted by Gasteiger charge is -1.99. The van der Waals surface area contributed by atoms with Gasteiger partial charge in [0, 0.05) is 32.6 Å². The highest BCUT2D eigenvalue weighted by Crippen LogP contribution is 2.25. The van der Waals surface area contributed by atoms with E-state index in [1.165, 1.54) is 0 Å². The van der Waals surface area contributed by atoms with Crippen LogP contribution in [0.5, 0.6) is 0 Å². The number of hydrogen-bond donors (Lipinski definition) is 1. The molecular weight excluding hydrogens is 286 g/mol. The van der Waals surface area contributed by atoms with Crippen LogP contribution in [-0.2, 0) is 0 Å². The van der Waals surface area contributed by atoms with Gasteiger partial charge in [-0.25, -0.2) is 0 Å². The lowest BCUT2D eigenvalue weighted by molar-refractivity contribution is 1.32. The zero-order chi connectivity index (χ0) is 8.72. The molecule has 1 heterocycles. The number of benzene rings is 1. The summed E-state index contributed by atoms with van der Waals surface area (Å²) in [5, 5.41) is 1.08. The van der Waals surface area contributed by atoms with E-state index in [0.29, 0.717) is 0 Å². The molecule has 0 radical (unpaired) electrons. The van der Waals surface area contributed by atoms with Gasteiger partial charge >= 0.3 is 0 Å². The summed E-state index contributed by atoms with van der Waals surface area (Å²) < 4.78 is 2.65. The smallest absolute Gasteiger partial charge is 0.0782 e. The Morgan fingerprint density at radius 1 is 1.42 bits per heavy atom. The van der Waals surface area contributed by atoms with Crippen molar-refractivity contribution in [1.82, 2.24) is 4.09 Å². The third-order valence-corrected chi connectivity index (χ3v) is 2.82. The lowest BCUT2D eigenvalue weighted by Crippen LogP contribution is -1.87. The van der Waals surface area contributed by atoms with Gasteiger partial charge in [0.1, 0.15) is 0 Å². The molecule has 0 saturated heterocycles. The monoisotopic (exact) mass is 292 g/mol. The highest BCUT2D eigenvalue weighted by atomic mass is 127. The molecule has 2 rings (SSSR count). The van der Waals surface area contributed by atoms with Gasteiger partial charge < -0.3 is 5.73 Å². The minimum atomic E-state index is 0.773. The molecule has 2 nitrogen and oxygen atoms in total. The molecule has 2 aromatic rings. The normalized spacial score (nSPS) is 10.8. The Labute approximate surface area is 88.5 Å². The summed E-state index contributed by atoms with van der Waals surface area (Å²) in [7, 11) is 0. The maximum absolute atomic E-state index is 5.90. The maximum atomic E-state index is 5.90. The van der Waals surface area contributed by atoms with Crippen molar-refractivity contribution in [1.29, 1.82) is 0 Å². The summed E-state index contributed by atoms with van der Waals surface area (Å²) in [5.74, 6) is 0. The van der Waals surface area contributed by atoms with E-state index >= 15 is 0 Å². The second-order valence-corrected chi connectivity index (χ2v) is 4.09. The van der Waals surface area contributed by atoms with Crippen molar-refractivity contribution < 1.29 is 0 Å². The fraction of sp³-hybridized carbons (Fsp3) is 0. The predicted molar refractivity (Wildman–Crippen MR) is 60.3 cm³/mol. The molecule has 0 aliphatic rings. The molecule has 0 spiro atoms. The maximum Gasteiger partial charge on any atom is 0.0782 e. The average Bonchev–Trinajstić information content (AvgIpc) is 2.31. The van der Waals surface area contributed by atoms with Crippen LogP contribution in [0.1, 0.15) is 0 Å². The standard InChI is InChI=1S/C8H6ClIN2/c9-12-2-1-5-3-6(11)4-7(10)8(5)12/h1-4H,11H2. The number of aromatic nitrogens is 1. The third-order valence-electron chi connectivity index (χ3n) is 1.71. The molecule has 0 aliphatic heterocycles. The average molecular weight is 293 g/mol. The van der Waals surface area contributed by atoms with Crippen molar-refractivity contribution in [2.75, 3.05) is 5.73 Å². The molecule has 0 aliphatic carbocycles. The van der Waals surface area contributed by atoms with Crippen LogP contribution in [-0.4, -0.2) is 4.09 Å². The van der Waals surface area contributed by atoms with Gasteiger partial charge in [-0.1, -0.05) is 0 Å². The first-order valence-corrected chi connectivity index (χ1v) is 4.82. The summed E-state index contributed by atoms with van der Waals surface area (Å²) in [6.07, 6.45) is 1.81. The fourth-order valence-corrected chi connectivity index (χ4v) is 2.53. The Hall–Kier alpha value is -0.420. The van der Waals surface area contributed by atoms with Crippen molar-refractivity contribution in [2.24, 2.45) is 0 Å². The van der Waals surface area contributed by atoms with Crippen LogP contribution in [0.2, 0.25) is 0 Å². The summed E-state index contributed by atoms with van der Waals surface area (Å²) in [6.45, 7) is 0. The molecule has 0 atom stereocenters. The van der Waals surface area contributed by atoms with Crippen LogP contribution in [0.3, 0.4) is 0 Å². The van der Waals surface area contributed by atoms with Crippen molar-refractivity contribution in [3.63, 3.8) is 0 Å². The van der Waals surface area contributed by atoms with Crippen LogP contribution in [0.25, 0.3) is 10.9 Å². The molecule has 0 amide bonds. The molecule has 0 unspecified atom stereocenters. The third kappa shape index (κ3) is 1.17. The second kappa shape index (κ2) is 2.81. The second-order valence-electron chi connectivity index (χ2n) is 2.57. The van der Waals surface area contributed by atoms with Crippen molar-refractivity contribution >= 4 is 51.0 Å². The van der Waals surface area contributed by atoms with Crippen LogP contribution in [0, 0.1) is 3.57 Å². The molecule has 0 saturated carbocycles. The van der Waals surface area contributed by atoms with E-state index in [1.54, 1.807) is 4.09 Å². The van der Waals surface area contributed by atoms with E-state index in [4.69, 9.17) is 17.5 Å². The Morgan fingerprint density at radius 2 is 2.17 bits per heavy atom. The summed E-state index contributed by atoms with van der Waals surface area (Å²) in [5.41, 5.74) is 7.47. The molecule has 4 heteroatoms. The highest BCUT2D eigenvalue weighted by Gasteiger charge is 2.03. The van der Waals surface area contributed by atoms with E-state index in [1.807, 2.05) is 24.4 Å². The first-order chi connectivity index (χ1) is 5.68. The number of rotatable bonds is 0. The van der Waals surface area contributed by atoms with E-state index in [9.17, 15) is 0 Å². The van der Waals surface area contributed by atoms with Gasteiger partial charge in [-0.2, -0.15) is 0 Å². The number of nitrogens with two attached hydrogens (primary N) is 1. The number of hydrogen-bond acceptors (Lipinski definition) is 1.